The number of aromatic nitrogens is 4. The van der Waals surface area contributed by atoms with Crippen LogP contribution in [0.4, 0.5) is 0 Å². The van der Waals surface area contributed by atoms with Gasteiger partial charge in [-0.2, -0.15) is 0 Å². The van der Waals surface area contributed by atoms with Crippen LogP contribution < -0.4 is 5.32 Å². The molecule has 0 atom stereocenters. The highest BCUT2D eigenvalue weighted by atomic mass is 15.4. The summed E-state index contributed by atoms with van der Waals surface area (Å²) in [7, 11) is 0. The van der Waals surface area contributed by atoms with Crippen LogP contribution in [-0.2, 0) is 13.1 Å². The van der Waals surface area contributed by atoms with Gasteiger partial charge in [0.1, 0.15) is 0 Å². The molecule has 0 bridgehead atoms. The van der Waals surface area contributed by atoms with Crippen molar-refractivity contribution in [3.8, 4) is 0 Å². The third-order valence-corrected chi connectivity index (χ3v) is 2.41. The molecule has 0 aromatic carbocycles. The Morgan fingerprint density at radius 1 is 1.29 bits per heavy atom. The first-order valence-electron chi connectivity index (χ1n) is 5.87. The lowest BCUT2D eigenvalue weighted by Crippen LogP contribution is -2.13. The lowest BCUT2D eigenvalue weighted by Gasteiger charge is -1.99. The van der Waals surface area contributed by atoms with Gasteiger partial charge in [-0.05, 0) is 30.7 Å². The van der Waals surface area contributed by atoms with Gasteiger partial charge in [0, 0.05) is 18.9 Å². The molecule has 0 aliphatic rings. The third kappa shape index (κ3) is 3.64. The van der Waals surface area contributed by atoms with Gasteiger partial charge in [-0.25, -0.2) is 4.68 Å². The summed E-state index contributed by atoms with van der Waals surface area (Å²) in [6.45, 7) is 4.68. The zero-order valence-corrected chi connectivity index (χ0v) is 10.0. The topological polar surface area (TPSA) is 55.6 Å². The fraction of sp³-hybridized carbons (Fsp3) is 0.417. The fourth-order valence-corrected chi connectivity index (χ4v) is 1.57. The quantitative estimate of drug-likeness (QED) is 0.759. The van der Waals surface area contributed by atoms with Gasteiger partial charge in [-0.1, -0.05) is 12.1 Å². The molecule has 5 heteroatoms. The van der Waals surface area contributed by atoms with Gasteiger partial charge in [0.25, 0.3) is 0 Å². The lowest BCUT2D eigenvalue weighted by molar-refractivity contribution is 0.644. The number of rotatable bonds is 6. The van der Waals surface area contributed by atoms with Crippen LogP contribution in [0.25, 0.3) is 0 Å². The molecule has 2 rings (SSSR count). The molecule has 90 valence electrons. The van der Waals surface area contributed by atoms with Crippen LogP contribution in [-0.4, -0.2) is 26.5 Å². The van der Waals surface area contributed by atoms with E-state index in [0.717, 1.165) is 31.7 Å². The second-order valence-electron chi connectivity index (χ2n) is 3.94. The maximum Gasteiger partial charge on any atom is 0.0964 e. The SMILES string of the molecule is CCCNCc1cn(Cc2ccncc2)nn1. The van der Waals surface area contributed by atoms with E-state index in [1.807, 2.05) is 23.0 Å². The van der Waals surface area contributed by atoms with E-state index in [-0.39, 0.29) is 0 Å². The van der Waals surface area contributed by atoms with Crippen LogP contribution in [0, 0.1) is 0 Å². The van der Waals surface area contributed by atoms with E-state index >= 15 is 0 Å². The first kappa shape index (κ1) is 11.7. The van der Waals surface area contributed by atoms with Gasteiger partial charge in [0.05, 0.1) is 18.4 Å². The molecule has 2 aromatic heterocycles. The molecule has 0 radical (unpaired) electrons. The third-order valence-electron chi connectivity index (χ3n) is 2.41. The van der Waals surface area contributed by atoms with Crippen LogP contribution in [0.2, 0.25) is 0 Å². The minimum atomic E-state index is 0.739. The van der Waals surface area contributed by atoms with Crippen molar-refractivity contribution < 1.29 is 0 Å². The summed E-state index contributed by atoms with van der Waals surface area (Å²) in [4.78, 5) is 3.99. The summed E-state index contributed by atoms with van der Waals surface area (Å²) >= 11 is 0. The van der Waals surface area contributed by atoms with Crippen LogP contribution in [0.1, 0.15) is 24.6 Å². The zero-order chi connectivity index (χ0) is 11.9. The van der Waals surface area contributed by atoms with Crippen molar-refractivity contribution in [3.05, 3.63) is 42.0 Å². The van der Waals surface area contributed by atoms with Crippen LogP contribution in [0.3, 0.4) is 0 Å². The van der Waals surface area contributed by atoms with Crippen LogP contribution in [0.15, 0.2) is 30.7 Å². The summed E-state index contributed by atoms with van der Waals surface area (Å²) in [5.74, 6) is 0. The Hall–Kier alpha value is -1.75. The van der Waals surface area contributed by atoms with Gasteiger partial charge in [-0.15, -0.1) is 5.10 Å². The molecule has 0 aliphatic carbocycles. The van der Waals surface area contributed by atoms with Crippen LogP contribution >= 0.6 is 0 Å². The molecule has 2 aromatic rings. The van der Waals surface area contributed by atoms with Gasteiger partial charge >= 0.3 is 0 Å². The molecule has 17 heavy (non-hydrogen) atoms. The molecular weight excluding hydrogens is 214 g/mol. The Balaban J connectivity index is 1.90. The van der Waals surface area contributed by atoms with E-state index in [0.29, 0.717) is 0 Å². The Kier molecular flexibility index (Phi) is 4.21. The predicted molar refractivity (Wildman–Crippen MR) is 65.4 cm³/mol. The fourth-order valence-electron chi connectivity index (χ4n) is 1.57. The van der Waals surface area contributed by atoms with Gasteiger partial charge in [-0.3, -0.25) is 4.98 Å². The van der Waals surface area contributed by atoms with Crippen molar-refractivity contribution in [1.82, 2.24) is 25.3 Å². The Bertz CT molecular complexity index is 437. The van der Waals surface area contributed by atoms with Gasteiger partial charge in [0.2, 0.25) is 0 Å². The molecule has 2 heterocycles. The Morgan fingerprint density at radius 2 is 2.12 bits per heavy atom. The second kappa shape index (κ2) is 6.10. The summed E-state index contributed by atoms with van der Waals surface area (Å²) < 4.78 is 1.85. The maximum atomic E-state index is 4.12. The molecule has 0 unspecified atom stereocenters. The highest BCUT2D eigenvalue weighted by Crippen LogP contribution is 2.00. The molecule has 0 saturated carbocycles. The second-order valence-corrected chi connectivity index (χ2v) is 3.94. The molecule has 0 fully saturated rings. The molecule has 0 saturated heterocycles. The van der Waals surface area contributed by atoms with E-state index in [1.165, 1.54) is 5.56 Å². The minimum absolute atomic E-state index is 0.739. The Morgan fingerprint density at radius 3 is 2.88 bits per heavy atom. The Labute approximate surface area is 101 Å². The van der Waals surface area contributed by atoms with E-state index < -0.39 is 0 Å². The van der Waals surface area contributed by atoms with Crippen molar-refractivity contribution in [2.75, 3.05) is 6.54 Å². The summed E-state index contributed by atoms with van der Waals surface area (Å²) in [5, 5.41) is 11.5. The first-order chi connectivity index (χ1) is 8.38. The van der Waals surface area contributed by atoms with Crippen LogP contribution in [0.5, 0.6) is 0 Å². The molecule has 0 aliphatic heterocycles. The standard InChI is InChI=1S/C12H17N5/c1-2-5-14-8-12-10-17(16-15-12)9-11-3-6-13-7-4-11/h3-4,6-7,10,14H,2,5,8-9H2,1H3. The largest absolute Gasteiger partial charge is 0.311 e. The van der Waals surface area contributed by atoms with Crippen molar-refractivity contribution in [2.24, 2.45) is 0 Å². The molecule has 0 amide bonds. The van der Waals surface area contributed by atoms with E-state index in [2.05, 4.69) is 27.5 Å². The van der Waals surface area contributed by atoms with Crippen molar-refractivity contribution in [2.45, 2.75) is 26.4 Å². The normalized spacial score (nSPS) is 10.6. The van der Waals surface area contributed by atoms with Crippen molar-refractivity contribution >= 4 is 0 Å². The minimum Gasteiger partial charge on any atom is -0.311 e. The van der Waals surface area contributed by atoms with E-state index in [9.17, 15) is 0 Å². The highest BCUT2D eigenvalue weighted by Gasteiger charge is 2.00. The summed E-state index contributed by atoms with van der Waals surface area (Å²) in [5.41, 5.74) is 2.16. The highest BCUT2D eigenvalue weighted by molar-refractivity contribution is 5.10. The monoisotopic (exact) mass is 231 g/mol. The molecule has 5 nitrogen and oxygen atoms in total. The predicted octanol–water partition coefficient (Wildman–Crippen LogP) is 1.22. The lowest BCUT2D eigenvalue weighted by atomic mass is 10.3. The van der Waals surface area contributed by atoms with E-state index in [4.69, 9.17) is 0 Å². The number of pyridine rings is 1. The first-order valence-corrected chi connectivity index (χ1v) is 5.87. The molecular formula is C12H17N5. The number of nitrogens with zero attached hydrogens (tertiary/aromatic N) is 4. The summed E-state index contributed by atoms with van der Waals surface area (Å²) in [6, 6.07) is 3.97. The molecule has 0 spiro atoms. The van der Waals surface area contributed by atoms with Crippen molar-refractivity contribution in [1.29, 1.82) is 0 Å². The number of hydrogen-bond donors (Lipinski definition) is 1. The smallest absolute Gasteiger partial charge is 0.0964 e. The van der Waals surface area contributed by atoms with E-state index in [1.54, 1.807) is 12.4 Å². The van der Waals surface area contributed by atoms with Crippen molar-refractivity contribution in [3.63, 3.8) is 0 Å². The maximum absolute atomic E-state index is 4.12. The van der Waals surface area contributed by atoms with Gasteiger partial charge < -0.3 is 5.32 Å². The van der Waals surface area contributed by atoms with Gasteiger partial charge in [0.15, 0.2) is 0 Å². The number of hydrogen-bond acceptors (Lipinski definition) is 4. The summed E-state index contributed by atoms with van der Waals surface area (Å²) in [6.07, 6.45) is 6.68. The average Bonchev–Trinajstić information content (AvgIpc) is 2.79. The number of nitrogens with one attached hydrogen (secondary N) is 1. The average molecular weight is 231 g/mol. The zero-order valence-electron chi connectivity index (χ0n) is 10.0. The molecule has 1 N–H and O–H groups in total.